The van der Waals surface area contributed by atoms with Gasteiger partial charge in [-0.05, 0) is 55.8 Å². The number of nitrogens with zero attached hydrogens (tertiary/aromatic N) is 2. The first kappa shape index (κ1) is 12.7. The highest BCUT2D eigenvalue weighted by molar-refractivity contribution is 5.43. The largest absolute Gasteiger partial charge is 0.282 e. The number of likely N-dealkylation sites (tertiary alicyclic amines) is 1. The quantitative estimate of drug-likeness (QED) is 0.762. The Morgan fingerprint density at radius 1 is 1.21 bits per heavy atom. The molecule has 100 valence electrons. The van der Waals surface area contributed by atoms with Gasteiger partial charge in [0.15, 0.2) is 0 Å². The molecule has 0 amide bonds. The van der Waals surface area contributed by atoms with E-state index in [0.29, 0.717) is 5.92 Å². The number of fused-ring (bicyclic) bond motifs is 1. The predicted molar refractivity (Wildman–Crippen MR) is 76.8 cm³/mol. The van der Waals surface area contributed by atoms with E-state index in [1.807, 2.05) is 0 Å². The first-order valence-electron chi connectivity index (χ1n) is 7.53. The molecule has 2 atom stereocenters. The Hall–Kier alpha value is -1.33. The lowest BCUT2D eigenvalue weighted by Gasteiger charge is -2.45. The molecule has 0 N–H and O–H groups in total. The third kappa shape index (κ3) is 1.97. The molecule has 3 rings (SSSR count). The van der Waals surface area contributed by atoms with Crippen molar-refractivity contribution in [3.8, 4) is 6.07 Å². The maximum absolute atomic E-state index is 9.94. The van der Waals surface area contributed by atoms with Gasteiger partial charge < -0.3 is 0 Å². The SMILES string of the molecule is CC1CCC(C#N)(N2CCCCC2)c2ccccc21. The van der Waals surface area contributed by atoms with Crippen molar-refractivity contribution in [3.05, 3.63) is 35.4 Å². The van der Waals surface area contributed by atoms with E-state index in [1.54, 1.807) is 0 Å². The summed E-state index contributed by atoms with van der Waals surface area (Å²) in [5, 5.41) is 9.94. The molecule has 0 saturated carbocycles. The van der Waals surface area contributed by atoms with E-state index in [0.717, 1.165) is 25.9 Å². The highest BCUT2D eigenvalue weighted by Crippen LogP contribution is 2.45. The van der Waals surface area contributed by atoms with Crippen LogP contribution < -0.4 is 0 Å². The Bertz CT molecular complexity index is 496. The molecule has 1 aliphatic heterocycles. The summed E-state index contributed by atoms with van der Waals surface area (Å²) in [5.41, 5.74) is 2.31. The lowest BCUT2D eigenvalue weighted by atomic mass is 9.71. The van der Waals surface area contributed by atoms with E-state index in [2.05, 4.69) is 42.2 Å². The highest BCUT2D eigenvalue weighted by Gasteiger charge is 2.43. The number of hydrogen-bond acceptors (Lipinski definition) is 2. The van der Waals surface area contributed by atoms with Crippen LogP contribution in [0.4, 0.5) is 0 Å². The molecule has 0 spiro atoms. The molecule has 1 aromatic carbocycles. The summed E-state index contributed by atoms with van der Waals surface area (Å²) < 4.78 is 0. The van der Waals surface area contributed by atoms with Gasteiger partial charge in [-0.2, -0.15) is 5.26 Å². The first-order valence-corrected chi connectivity index (χ1v) is 7.53. The zero-order chi connectivity index (χ0) is 13.3. The Morgan fingerprint density at radius 3 is 2.68 bits per heavy atom. The van der Waals surface area contributed by atoms with E-state index >= 15 is 0 Å². The lowest BCUT2D eigenvalue weighted by molar-refractivity contribution is 0.0904. The van der Waals surface area contributed by atoms with Crippen molar-refractivity contribution >= 4 is 0 Å². The molecule has 0 radical (unpaired) electrons. The topological polar surface area (TPSA) is 27.0 Å². The van der Waals surface area contributed by atoms with Crippen molar-refractivity contribution in [2.45, 2.75) is 50.5 Å². The molecule has 1 aliphatic carbocycles. The van der Waals surface area contributed by atoms with Gasteiger partial charge in [-0.1, -0.05) is 37.6 Å². The zero-order valence-electron chi connectivity index (χ0n) is 11.7. The molecule has 2 unspecified atom stereocenters. The molecule has 19 heavy (non-hydrogen) atoms. The van der Waals surface area contributed by atoms with Gasteiger partial charge in [0, 0.05) is 0 Å². The van der Waals surface area contributed by atoms with E-state index in [-0.39, 0.29) is 5.54 Å². The summed E-state index contributed by atoms with van der Waals surface area (Å²) in [6.07, 6.45) is 5.90. The standard InChI is InChI=1S/C17H22N2/c1-14-9-10-17(13-18,19-11-5-2-6-12-19)16-8-4-3-7-15(14)16/h3-4,7-8,14H,2,5-6,9-12H2,1H3. The van der Waals surface area contributed by atoms with Crippen molar-refractivity contribution in [1.82, 2.24) is 4.90 Å². The van der Waals surface area contributed by atoms with Gasteiger partial charge in [-0.15, -0.1) is 0 Å². The van der Waals surface area contributed by atoms with Gasteiger partial charge in [0.25, 0.3) is 0 Å². The molecule has 2 nitrogen and oxygen atoms in total. The summed E-state index contributed by atoms with van der Waals surface area (Å²) in [6, 6.07) is 11.3. The minimum absolute atomic E-state index is 0.358. The third-order valence-electron chi connectivity index (χ3n) is 4.96. The summed E-state index contributed by atoms with van der Waals surface area (Å²) in [6.45, 7) is 4.45. The van der Waals surface area contributed by atoms with E-state index < -0.39 is 0 Å². The minimum Gasteiger partial charge on any atom is -0.282 e. The van der Waals surface area contributed by atoms with Crippen LogP contribution in [-0.4, -0.2) is 18.0 Å². The normalized spacial score (nSPS) is 31.5. The van der Waals surface area contributed by atoms with Gasteiger partial charge in [0.2, 0.25) is 0 Å². The average Bonchev–Trinajstić information content (AvgIpc) is 2.49. The fourth-order valence-electron chi connectivity index (χ4n) is 3.81. The van der Waals surface area contributed by atoms with Crippen LogP contribution in [0.2, 0.25) is 0 Å². The smallest absolute Gasteiger partial charge is 0.135 e. The van der Waals surface area contributed by atoms with Gasteiger partial charge in [-0.25, -0.2) is 0 Å². The molecular formula is C17H22N2. The van der Waals surface area contributed by atoms with Gasteiger partial charge in [-0.3, -0.25) is 4.90 Å². The minimum atomic E-state index is -0.358. The van der Waals surface area contributed by atoms with Crippen LogP contribution in [-0.2, 0) is 5.54 Å². The van der Waals surface area contributed by atoms with Crippen molar-refractivity contribution < 1.29 is 0 Å². The Kier molecular flexibility index (Phi) is 3.33. The number of hydrogen-bond donors (Lipinski definition) is 0. The number of nitriles is 1. The molecule has 1 fully saturated rings. The second-order valence-electron chi connectivity index (χ2n) is 6.05. The lowest BCUT2D eigenvalue weighted by Crippen LogP contribution is -2.49. The van der Waals surface area contributed by atoms with Crippen molar-refractivity contribution in [1.29, 1.82) is 5.26 Å². The molecule has 1 aromatic rings. The number of rotatable bonds is 1. The maximum atomic E-state index is 9.94. The summed E-state index contributed by atoms with van der Waals surface area (Å²) in [7, 11) is 0. The van der Waals surface area contributed by atoms with Crippen LogP contribution in [0.5, 0.6) is 0 Å². The maximum Gasteiger partial charge on any atom is 0.135 e. The first-order chi connectivity index (χ1) is 9.28. The van der Waals surface area contributed by atoms with E-state index in [9.17, 15) is 5.26 Å². The molecule has 1 heterocycles. The molecule has 2 aliphatic rings. The highest BCUT2D eigenvalue weighted by atomic mass is 15.2. The fraction of sp³-hybridized carbons (Fsp3) is 0.588. The second kappa shape index (κ2) is 4.98. The van der Waals surface area contributed by atoms with Crippen LogP contribution in [0.1, 0.15) is 56.1 Å². The van der Waals surface area contributed by atoms with Gasteiger partial charge in [0.1, 0.15) is 5.54 Å². The Balaban J connectivity index is 2.07. The van der Waals surface area contributed by atoms with Crippen LogP contribution >= 0.6 is 0 Å². The van der Waals surface area contributed by atoms with Crippen molar-refractivity contribution in [2.75, 3.05) is 13.1 Å². The van der Waals surface area contributed by atoms with Crippen LogP contribution in [0, 0.1) is 11.3 Å². The van der Waals surface area contributed by atoms with Crippen LogP contribution in [0.25, 0.3) is 0 Å². The van der Waals surface area contributed by atoms with E-state index in [4.69, 9.17) is 0 Å². The average molecular weight is 254 g/mol. The number of piperidine rings is 1. The summed E-state index contributed by atoms with van der Waals surface area (Å²) in [5.74, 6) is 0.586. The zero-order valence-corrected chi connectivity index (χ0v) is 11.7. The number of benzene rings is 1. The monoisotopic (exact) mass is 254 g/mol. The molecule has 2 heteroatoms. The fourth-order valence-corrected chi connectivity index (χ4v) is 3.81. The van der Waals surface area contributed by atoms with Crippen molar-refractivity contribution in [3.63, 3.8) is 0 Å². The van der Waals surface area contributed by atoms with Crippen molar-refractivity contribution in [2.24, 2.45) is 0 Å². The molecule has 0 aromatic heterocycles. The van der Waals surface area contributed by atoms with Gasteiger partial charge >= 0.3 is 0 Å². The molecule has 1 saturated heterocycles. The van der Waals surface area contributed by atoms with Crippen LogP contribution in [0.3, 0.4) is 0 Å². The summed E-state index contributed by atoms with van der Waals surface area (Å²) >= 11 is 0. The molecule has 0 bridgehead atoms. The predicted octanol–water partition coefficient (Wildman–Crippen LogP) is 3.79. The second-order valence-corrected chi connectivity index (χ2v) is 6.05. The van der Waals surface area contributed by atoms with E-state index in [1.165, 1.54) is 30.4 Å². The van der Waals surface area contributed by atoms with Gasteiger partial charge in [0.05, 0.1) is 6.07 Å². The van der Waals surface area contributed by atoms with Crippen LogP contribution in [0.15, 0.2) is 24.3 Å². The Morgan fingerprint density at radius 2 is 1.95 bits per heavy atom. The summed E-state index contributed by atoms with van der Waals surface area (Å²) in [4.78, 5) is 2.45. The molecular weight excluding hydrogens is 232 g/mol. The third-order valence-corrected chi connectivity index (χ3v) is 4.96. The Labute approximate surface area is 116 Å².